The maximum Gasteiger partial charge on any atom is 0.175 e. The van der Waals surface area contributed by atoms with Crippen LogP contribution in [0.25, 0.3) is 0 Å². The Hall–Kier alpha value is -2.99. The Labute approximate surface area is 159 Å². The van der Waals surface area contributed by atoms with Gasteiger partial charge in [-0.25, -0.2) is 13.4 Å². The number of anilines is 1. The third-order valence-corrected chi connectivity index (χ3v) is 5.25. The molecule has 0 aliphatic carbocycles. The van der Waals surface area contributed by atoms with Crippen LogP contribution in [0.15, 0.2) is 77.7 Å². The molecule has 3 aromatic rings. The zero-order chi connectivity index (χ0) is 19.3. The lowest BCUT2D eigenvalue weighted by atomic mass is 10.1. The van der Waals surface area contributed by atoms with Crippen molar-refractivity contribution in [2.24, 2.45) is 0 Å². The van der Waals surface area contributed by atoms with Gasteiger partial charge in [-0.05, 0) is 29.3 Å². The maximum atomic E-state index is 12.0. The molecule has 27 heavy (non-hydrogen) atoms. The molecule has 138 valence electrons. The zero-order valence-electron chi connectivity index (χ0n) is 15.0. The summed E-state index contributed by atoms with van der Waals surface area (Å²) in [6.07, 6.45) is 2.11. The summed E-state index contributed by atoms with van der Waals surface area (Å²) in [6, 6.07) is 22.2. The predicted octanol–water partition coefficient (Wildman–Crippen LogP) is 3.71. The van der Waals surface area contributed by atoms with E-state index in [1.165, 1.54) is 6.26 Å². The van der Waals surface area contributed by atoms with Crippen molar-refractivity contribution in [3.63, 3.8) is 0 Å². The van der Waals surface area contributed by atoms with Gasteiger partial charge in [0.1, 0.15) is 11.7 Å². The van der Waals surface area contributed by atoms with Gasteiger partial charge in [-0.15, -0.1) is 0 Å². The average molecular weight is 379 g/mol. The van der Waals surface area contributed by atoms with Crippen LogP contribution < -0.4 is 5.32 Å². The summed E-state index contributed by atoms with van der Waals surface area (Å²) in [5.41, 5.74) is 2.50. The Bertz CT molecular complexity index is 1050. The first-order chi connectivity index (χ1) is 12.9. The second kappa shape index (κ2) is 8.14. The van der Waals surface area contributed by atoms with Crippen LogP contribution in [0.1, 0.15) is 16.8 Å². The fourth-order valence-corrected chi connectivity index (χ4v) is 3.80. The fraction of sp³-hybridized carbons (Fsp3) is 0.143. The normalized spacial score (nSPS) is 11.1. The maximum absolute atomic E-state index is 12.0. The van der Waals surface area contributed by atoms with Gasteiger partial charge < -0.3 is 5.32 Å². The number of rotatable bonds is 6. The summed E-state index contributed by atoms with van der Waals surface area (Å²) < 4.78 is 23.9. The Balaban J connectivity index is 1.74. The zero-order valence-corrected chi connectivity index (χ0v) is 15.8. The van der Waals surface area contributed by atoms with E-state index in [0.717, 1.165) is 11.3 Å². The minimum Gasteiger partial charge on any atom is -0.329 e. The Morgan fingerprint density at radius 1 is 0.963 bits per heavy atom. The van der Waals surface area contributed by atoms with Gasteiger partial charge in [0.2, 0.25) is 0 Å². The van der Waals surface area contributed by atoms with E-state index in [9.17, 15) is 8.42 Å². The molecule has 0 aliphatic heterocycles. The molecular formula is C21H21N3O2S. The Kier molecular flexibility index (Phi) is 5.66. The number of sulfone groups is 1. The van der Waals surface area contributed by atoms with Crippen molar-refractivity contribution in [3.05, 3.63) is 89.6 Å². The molecular weight excluding hydrogens is 358 g/mol. The SMILES string of the molecule is CS(=O)(=O)c1ccccc1Cc1cccc(NC(=N)Cc2ccccc2)n1. The largest absolute Gasteiger partial charge is 0.329 e. The van der Waals surface area contributed by atoms with Crippen LogP contribution in [-0.2, 0) is 22.7 Å². The van der Waals surface area contributed by atoms with Gasteiger partial charge in [-0.1, -0.05) is 54.6 Å². The molecule has 0 spiro atoms. The molecule has 0 saturated heterocycles. The average Bonchev–Trinajstić information content (AvgIpc) is 2.62. The van der Waals surface area contributed by atoms with E-state index in [-0.39, 0.29) is 0 Å². The van der Waals surface area contributed by atoms with Crippen molar-refractivity contribution < 1.29 is 8.42 Å². The molecule has 3 rings (SSSR count). The second-order valence-electron chi connectivity index (χ2n) is 6.34. The van der Waals surface area contributed by atoms with Gasteiger partial charge in [0.25, 0.3) is 0 Å². The fourth-order valence-electron chi connectivity index (χ4n) is 2.85. The molecule has 0 atom stereocenters. The van der Waals surface area contributed by atoms with Crippen molar-refractivity contribution in [3.8, 4) is 0 Å². The molecule has 0 radical (unpaired) electrons. The number of amidine groups is 1. The van der Waals surface area contributed by atoms with Crippen molar-refractivity contribution in [1.82, 2.24) is 4.98 Å². The van der Waals surface area contributed by atoms with Crippen LogP contribution >= 0.6 is 0 Å². The van der Waals surface area contributed by atoms with E-state index in [2.05, 4.69) is 10.3 Å². The molecule has 1 heterocycles. The number of pyridine rings is 1. The molecule has 0 bridgehead atoms. The highest BCUT2D eigenvalue weighted by Crippen LogP contribution is 2.19. The first kappa shape index (κ1) is 18.8. The first-order valence-corrected chi connectivity index (χ1v) is 10.4. The van der Waals surface area contributed by atoms with Crippen LogP contribution in [0.2, 0.25) is 0 Å². The van der Waals surface area contributed by atoms with E-state index in [0.29, 0.717) is 35.0 Å². The third-order valence-electron chi connectivity index (χ3n) is 4.05. The summed E-state index contributed by atoms with van der Waals surface area (Å²) in [4.78, 5) is 4.85. The van der Waals surface area contributed by atoms with E-state index in [1.54, 1.807) is 24.3 Å². The van der Waals surface area contributed by atoms with E-state index in [4.69, 9.17) is 5.41 Å². The van der Waals surface area contributed by atoms with Crippen molar-refractivity contribution in [2.75, 3.05) is 11.6 Å². The highest BCUT2D eigenvalue weighted by atomic mass is 32.2. The van der Waals surface area contributed by atoms with Gasteiger partial charge in [-0.2, -0.15) is 0 Å². The molecule has 0 amide bonds. The summed E-state index contributed by atoms with van der Waals surface area (Å²) >= 11 is 0. The van der Waals surface area contributed by atoms with Crippen LogP contribution in [0, 0.1) is 5.41 Å². The lowest BCUT2D eigenvalue weighted by molar-refractivity contribution is 0.601. The molecule has 2 N–H and O–H groups in total. The Morgan fingerprint density at radius 3 is 2.41 bits per heavy atom. The summed E-state index contributed by atoms with van der Waals surface area (Å²) in [7, 11) is -3.29. The van der Waals surface area contributed by atoms with E-state index >= 15 is 0 Å². The van der Waals surface area contributed by atoms with Gasteiger partial charge in [0, 0.05) is 24.8 Å². The van der Waals surface area contributed by atoms with Crippen LogP contribution in [0.4, 0.5) is 5.82 Å². The monoisotopic (exact) mass is 379 g/mol. The number of nitrogens with zero attached hydrogens (tertiary/aromatic N) is 1. The lowest BCUT2D eigenvalue weighted by Crippen LogP contribution is -2.15. The molecule has 1 aromatic heterocycles. The molecule has 0 aliphatic rings. The predicted molar refractivity (Wildman–Crippen MR) is 108 cm³/mol. The smallest absolute Gasteiger partial charge is 0.175 e. The Morgan fingerprint density at radius 2 is 1.67 bits per heavy atom. The number of hydrogen-bond acceptors (Lipinski definition) is 4. The second-order valence-corrected chi connectivity index (χ2v) is 8.32. The van der Waals surface area contributed by atoms with E-state index < -0.39 is 9.84 Å². The molecule has 6 heteroatoms. The topological polar surface area (TPSA) is 82.9 Å². The number of nitrogens with one attached hydrogen (secondary N) is 2. The summed E-state index contributed by atoms with van der Waals surface area (Å²) in [5.74, 6) is 0.924. The summed E-state index contributed by atoms with van der Waals surface area (Å²) in [5, 5.41) is 11.2. The molecule has 0 unspecified atom stereocenters. The standard InChI is InChI=1S/C21H21N3O2S/c1-27(25,26)19-12-6-5-10-17(19)15-18-11-7-13-21(23-18)24-20(22)14-16-8-3-2-4-9-16/h2-13H,14-15H2,1H3,(H2,22,23,24). The quantitative estimate of drug-likeness (QED) is 0.505. The molecule has 0 saturated carbocycles. The van der Waals surface area contributed by atoms with Gasteiger partial charge >= 0.3 is 0 Å². The van der Waals surface area contributed by atoms with Crippen molar-refractivity contribution in [2.45, 2.75) is 17.7 Å². The van der Waals surface area contributed by atoms with E-state index in [1.807, 2.05) is 48.5 Å². The third kappa shape index (κ3) is 5.24. The molecule has 2 aromatic carbocycles. The number of aromatic nitrogens is 1. The number of benzene rings is 2. The molecule has 0 fully saturated rings. The van der Waals surface area contributed by atoms with Crippen LogP contribution in [-0.4, -0.2) is 25.5 Å². The number of hydrogen-bond donors (Lipinski definition) is 2. The lowest BCUT2D eigenvalue weighted by Gasteiger charge is -2.10. The van der Waals surface area contributed by atoms with Crippen molar-refractivity contribution >= 4 is 21.5 Å². The summed E-state index contributed by atoms with van der Waals surface area (Å²) in [6.45, 7) is 0. The van der Waals surface area contributed by atoms with Gasteiger partial charge in [0.15, 0.2) is 9.84 Å². The van der Waals surface area contributed by atoms with Crippen molar-refractivity contribution in [1.29, 1.82) is 5.41 Å². The van der Waals surface area contributed by atoms with Gasteiger partial charge in [0.05, 0.1) is 4.90 Å². The minimum absolute atomic E-state index is 0.321. The molecule has 5 nitrogen and oxygen atoms in total. The van der Waals surface area contributed by atoms with Gasteiger partial charge in [-0.3, -0.25) is 5.41 Å². The first-order valence-electron chi connectivity index (χ1n) is 8.54. The van der Waals surface area contributed by atoms with Crippen LogP contribution in [0.5, 0.6) is 0 Å². The minimum atomic E-state index is -3.29. The highest BCUT2D eigenvalue weighted by Gasteiger charge is 2.13. The van der Waals surface area contributed by atoms with Crippen LogP contribution in [0.3, 0.4) is 0 Å². The highest BCUT2D eigenvalue weighted by molar-refractivity contribution is 7.90.